The molecule has 4 saturated carbocycles. The Labute approximate surface area is 85.9 Å². The van der Waals surface area contributed by atoms with E-state index in [2.05, 4.69) is 6.92 Å². The van der Waals surface area contributed by atoms with Crippen LogP contribution in [0.1, 0.15) is 39.0 Å². The summed E-state index contributed by atoms with van der Waals surface area (Å²) < 4.78 is 0. The van der Waals surface area contributed by atoms with Crippen molar-refractivity contribution in [1.82, 2.24) is 0 Å². The molecule has 0 aliphatic heterocycles. The first-order valence-electron chi connectivity index (χ1n) is 6.04. The molecule has 0 aromatic carbocycles. The second kappa shape index (κ2) is 2.73. The summed E-state index contributed by atoms with van der Waals surface area (Å²) in [6, 6.07) is 0.322. The predicted octanol–water partition coefficient (Wildman–Crippen LogP) is 1.52. The van der Waals surface area contributed by atoms with Crippen LogP contribution >= 0.6 is 0 Å². The molecule has 3 atom stereocenters. The second-order valence-electron chi connectivity index (χ2n) is 6.11. The zero-order valence-electron chi connectivity index (χ0n) is 8.95. The molecule has 14 heavy (non-hydrogen) atoms. The van der Waals surface area contributed by atoms with E-state index in [4.69, 9.17) is 5.73 Å². The van der Waals surface area contributed by atoms with Crippen LogP contribution in [-0.2, 0) is 0 Å². The summed E-state index contributed by atoms with van der Waals surface area (Å²) in [6.07, 6.45) is 6.26. The first-order valence-corrected chi connectivity index (χ1v) is 6.04. The van der Waals surface area contributed by atoms with Crippen molar-refractivity contribution >= 4 is 0 Å². The Morgan fingerprint density at radius 1 is 1.21 bits per heavy atom. The highest BCUT2D eigenvalue weighted by Crippen LogP contribution is 2.60. The van der Waals surface area contributed by atoms with Crippen LogP contribution in [0.4, 0.5) is 0 Å². The topological polar surface area (TPSA) is 46.2 Å². The first-order chi connectivity index (χ1) is 6.61. The van der Waals surface area contributed by atoms with Gasteiger partial charge in [-0.3, -0.25) is 0 Å². The van der Waals surface area contributed by atoms with Crippen molar-refractivity contribution in [3.05, 3.63) is 0 Å². The summed E-state index contributed by atoms with van der Waals surface area (Å²) in [4.78, 5) is 0. The van der Waals surface area contributed by atoms with Crippen molar-refractivity contribution in [2.45, 2.75) is 51.2 Å². The lowest BCUT2D eigenvalue weighted by Crippen LogP contribution is -2.58. The molecule has 2 nitrogen and oxygen atoms in total. The molecule has 0 radical (unpaired) electrons. The molecule has 4 bridgehead atoms. The van der Waals surface area contributed by atoms with Crippen LogP contribution in [0.3, 0.4) is 0 Å². The molecule has 4 rings (SSSR count). The normalized spacial score (nSPS) is 57.6. The third-order valence-corrected chi connectivity index (χ3v) is 5.24. The van der Waals surface area contributed by atoms with Gasteiger partial charge in [0.15, 0.2) is 0 Å². The molecule has 3 unspecified atom stereocenters. The van der Waals surface area contributed by atoms with E-state index >= 15 is 0 Å². The number of rotatable bonds is 1. The highest BCUT2D eigenvalue weighted by atomic mass is 16.3. The van der Waals surface area contributed by atoms with Gasteiger partial charge in [0.25, 0.3) is 0 Å². The quantitative estimate of drug-likeness (QED) is 0.666. The Kier molecular flexibility index (Phi) is 1.79. The minimum Gasteiger partial charge on any atom is -0.393 e. The predicted molar refractivity (Wildman–Crippen MR) is 55.6 cm³/mol. The van der Waals surface area contributed by atoms with Gasteiger partial charge >= 0.3 is 0 Å². The summed E-state index contributed by atoms with van der Waals surface area (Å²) >= 11 is 0. The number of aliphatic hydroxyl groups is 1. The van der Waals surface area contributed by atoms with E-state index in [1.54, 1.807) is 0 Å². The summed E-state index contributed by atoms with van der Waals surface area (Å²) in [6.45, 7) is 2.17. The van der Waals surface area contributed by atoms with Crippen LogP contribution in [0.2, 0.25) is 0 Å². The Bertz CT molecular complexity index is 235. The van der Waals surface area contributed by atoms with E-state index in [1.165, 1.54) is 32.1 Å². The van der Waals surface area contributed by atoms with Gasteiger partial charge in [0.05, 0.1) is 6.10 Å². The summed E-state index contributed by atoms with van der Waals surface area (Å²) in [7, 11) is 0. The van der Waals surface area contributed by atoms with Gasteiger partial charge in [-0.25, -0.2) is 0 Å². The lowest BCUT2D eigenvalue weighted by Gasteiger charge is -2.60. The molecule has 0 heterocycles. The van der Waals surface area contributed by atoms with E-state index in [1.807, 2.05) is 0 Å². The third kappa shape index (κ3) is 1.04. The van der Waals surface area contributed by atoms with Gasteiger partial charge in [0.1, 0.15) is 0 Å². The monoisotopic (exact) mass is 195 g/mol. The zero-order chi connectivity index (χ0) is 9.92. The average molecular weight is 195 g/mol. The Morgan fingerprint density at radius 2 is 1.79 bits per heavy atom. The lowest BCUT2D eigenvalue weighted by molar-refractivity contribution is -0.140. The molecule has 0 spiro atoms. The fraction of sp³-hybridized carbons (Fsp3) is 1.00. The molecule has 3 N–H and O–H groups in total. The molecule has 4 fully saturated rings. The zero-order valence-corrected chi connectivity index (χ0v) is 8.95. The molecule has 4 aliphatic carbocycles. The van der Waals surface area contributed by atoms with E-state index < -0.39 is 0 Å². The summed E-state index contributed by atoms with van der Waals surface area (Å²) in [5.74, 6) is 2.03. The van der Waals surface area contributed by atoms with Crippen molar-refractivity contribution in [2.24, 2.45) is 28.9 Å². The Hall–Kier alpha value is -0.0800. The van der Waals surface area contributed by atoms with Gasteiger partial charge in [-0.2, -0.15) is 0 Å². The smallest absolute Gasteiger partial charge is 0.0597 e. The van der Waals surface area contributed by atoms with Gasteiger partial charge in [-0.1, -0.05) is 0 Å². The van der Waals surface area contributed by atoms with Crippen LogP contribution in [0.15, 0.2) is 0 Å². The molecule has 0 saturated heterocycles. The van der Waals surface area contributed by atoms with Crippen LogP contribution in [0.25, 0.3) is 0 Å². The van der Waals surface area contributed by atoms with Gasteiger partial charge in [0, 0.05) is 6.04 Å². The molecular formula is C12H21NO. The second-order valence-corrected chi connectivity index (χ2v) is 6.11. The number of nitrogens with two attached hydrogens (primary N) is 1. The molecule has 0 aromatic heterocycles. The summed E-state index contributed by atoms with van der Waals surface area (Å²) in [5, 5.41) is 10.1. The fourth-order valence-corrected chi connectivity index (χ4v) is 4.62. The van der Waals surface area contributed by atoms with E-state index in [9.17, 15) is 5.11 Å². The van der Waals surface area contributed by atoms with Gasteiger partial charge in [-0.15, -0.1) is 0 Å². The standard InChI is InChI=1S/C12H21NO/c1-7(13)12-4-8-2-9(5-12)11(14)10(3-8)6-12/h7-11,14H,2-6,13H2,1H3. The SMILES string of the molecule is CC(N)C12CC3CC(C1)C(O)C(C3)C2. The highest BCUT2D eigenvalue weighted by Gasteiger charge is 2.56. The van der Waals surface area contributed by atoms with E-state index in [-0.39, 0.29) is 6.10 Å². The maximum absolute atomic E-state index is 10.1. The lowest BCUT2D eigenvalue weighted by atomic mass is 9.47. The van der Waals surface area contributed by atoms with Crippen molar-refractivity contribution in [1.29, 1.82) is 0 Å². The minimum absolute atomic E-state index is 0.00146. The van der Waals surface area contributed by atoms with E-state index in [0.29, 0.717) is 23.3 Å². The van der Waals surface area contributed by atoms with Crippen molar-refractivity contribution in [3.63, 3.8) is 0 Å². The van der Waals surface area contributed by atoms with Crippen molar-refractivity contribution in [3.8, 4) is 0 Å². The molecule has 2 heteroatoms. The third-order valence-electron chi connectivity index (χ3n) is 5.24. The molecule has 80 valence electrons. The van der Waals surface area contributed by atoms with Gasteiger partial charge in [-0.05, 0) is 62.2 Å². The molecular weight excluding hydrogens is 174 g/mol. The van der Waals surface area contributed by atoms with Crippen LogP contribution in [0, 0.1) is 23.2 Å². The number of aliphatic hydroxyl groups excluding tert-OH is 1. The maximum atomic E-state index is 10.1. The van der Waals surface area contributed by atoms with Crippen molar-refractivity contribution < 1.29 is 5.11 Å². The first kappa shape index (κ1) is 9.17. The number of hydrogen-bond acceptors (Lipinski definition) is 2. The van der Waals surface area contributed by atoms with E-state index in [0.717, 1.165) is 5.92 Å². The average Bonchev–Trinajstić information content (AvgIpc) is 2.12. The maximum Gasteiger partial charge on any atom is 0.0597 e. The molecule has 0 amide bonds. The van der Waals surface area contributed by atoms with Crippen LogP contribution in [-0.4, -0.2) is 17.3 Å². The molecule has 4 aliphatic rings. The van der Waals surface area contributed by atoms with Crippen molar-refractivity contribution in [2.75, 3.05) is 0 Å². The fourth-order valence-electron chi connectivity index (χ4n) is 4.62. The minimum atomic E-state index is -0.00146. The van der Waals surface area contributed by atoms with Gasteiger partial charge < -0.3 is 10.8 Å². The Balaban J connectivity index is 1.92. The largest absolute Gasteiger partial charge is 0.393 e. The van der Waals surface area contributed by atoms with Crippen LogP contribution < -0.4 is 5.73 Å². The summed E-state index contributed by atoms with van der Waals surface area (Å²) in [5.41, 5.74) is 6.55. The Morgan fingerprint density at radius 3 is 2.29 bits per heavy atom. The van der Waals surface area contributed by atoms with Crippen LogP contribution in [0.5, 0.6) is 0 Å². The van der Waals surface area contributed by atoms with Gasteiger partial charge in [0.2, 0.25) is 0 Å². The highest BCUT2D eigenvalue weighted by molar-refractivity contribution is 5.07. The molecule has 0 aromatic rings. The number of hydrogen-bond donors (Lipinski definition) is 2.